The molecule has 0 bridgehead atoms. The van der Waals surface area contributed by atoms with Gasteiger partial charge in [0.1, 0.15) is 5.56 Å². The maximum absolute atomic E-state index is 13.6. The van der Waals surface area contributed by atoms with Gasteiger partial charge < -0.3 is 9.47 Å². The number of fused-ring (bicyclic) bond motifs is 1. The first-order valence-electron chi connectivity index (χ1n) is 10.9. The highest BCUT2D eigenvalue weighted by atomic mass is 35.5. The predicted octanol–water partition coefficient (Wildman–Crippen LogP) is 5.49. The molecule has 0 unspecified atom stereocenters. The molecule has 31 heavy (non-hydrogen) atoms. The van der Waals surface area contributed by atoms with Crippen LogP contribution in [0.3, 0.4) is 0 Å². The van der Waals surface area contributed by atoms with Gasteiger partial charge in [-0.05, 0) is 67.1 Å². The lowest BCUT2D eigenvalue weighted by Gasteiger charge is -2.23. The molecule has 3 aromatic rings. The minimum Gasteiger partial charge on any atom is -0.311 e. The third kappa shape index (κ3) is 4.75. The van der Waals surface area contributed by atoms with Crippen molar-refractivity contribution in [2.75, 3.05) is 11.9 Å². The van der Waals surface area contributed by atoms with Crippen molar-refractivity contribution in [1.29, 1.82) is 0 Å². The second kappa shape index (κ2) is 9.52. The number of amides is 1. The van der Waals surface area contributed by atoms with Gasteiger partial charge in [-0.3, -0.25) is 9.59 Å². The van der Waals surface area contributed by atoms with Gasteiger partial charge in [0.05, 0.1) is 6.54 Å². The molecule has 4 nitrogen and oxygen atoms in total. The van der Waals surface area contributed by atoms with E-state index in [1.165, 1.54) is 12.8 Å². The fourth-order valence-electron chi connectivity index (χ4n) is 4.28. The molecule has 2 aromatic carbocycles. The molecule has 1 aliphatic rings. The molecule has 160 valence electrons. The predicted molar refractivity (Wildman–Crippen MR) is 126 cm³/mol. The molecule has 1 amide bonds. The van der Waals surface area contributed by atoms with Crippen molar-refractivity contribution in [3.63, 3.8) is 0 Å². The molecule has 1 heterocycles. The quantitative estimate of drug-likeness (QED) is 0.545. The Kier molecular flexibility index (Phi) is 6.57. The molecule has 0 atom stereocenters. The fraction of sp³-hybridized carbons (Fsp3) is 0.308. The molecule has 0 saturated heterocycles. The van der Waals surface area contributed by atoms with Crippen LogP contribution in [0.2, 0.25) is 5.02 Å². The van der Waals surface area contributed by atoms with E-state index in [2.05, 4.69) is 0 Å². The number of aryl methyl sites for hydroxylation is 1. The van der Waals surface area contributed by atoms with Crippen LogP contribution in [-0.4, -0.2) is 17.5 Å². The Morgan fingerprint density at radius 1 is 0.968 bits per heavy atom. The van der Waals surface area contributed by atoms with Gasteiger partial charge in [-0.1, -0.05) is 54.8 Å². The third-order valence-corrected chi connectivity index (χ3v) is 6.28. The number of anilines is 1. The third-order valence-electron chi connectivity index (χ3n) is 6.03. The van der Waals surface area contributed by atoms with Crippen molar-refractivity contribution in [2.45, 2.75) is 45.1 Å². The molecular formula is C26H27ClN2O2. The van der Waals surface area contributed by atoms with Gasteiger partial charge in [-0.2, -0.15) is 0 Å². The van der Waals surface area contributed by atoms with E-state index in [9.17, 15) is 9.59 Å². The lowest BCUT2D eigenvalue weighted by molar-refractivity contribution is 0.0991. The summed E-state index contributed by atoms with van der Waals surface area (Å²) in [6.45, 7) is 0.439. The molecular weight excluding hydrogens is 408 g/mol. The highest BCUT2D eigenvalue weighted by Gasteiger charge is 2.23. The lowest BCUT2D eigenvalue weighted by Crippen LogP contribution is -2.36. The van der Waals surface area contributed by atoms with Crippen molar-refractivity contribution < 1.29 is 4.79 Å². The molecule has 0 radical (unpaired) electrons. The van der Waals surface area contributed by atoms with Crippen LogP contribution in [0.25, 0.3) is 0 Å². The molecule has 0 aliphatic heterocycles. The highest BCUT2D eigenvalue weighted by molar-refractivity contribution is 6.30. The van der Waals surface area contributed by atoms with Crippen LogP contribution in [-0.2, 0) is 19.4 Å². The van der Waals surface area contributed by atoms with Gasteiger partial charge in [0, 0.05) is 23.5 Å². The molecule has 0 N–H and O–H groups in total. The van der Waals surface area contributed by atoms with E-state index in [0.29, 0.717) is 11.6 Å². The smallest absolute Gasteiger partial charge is 0.263 e. The van der Waals surface area contributed by atoms with Crippen LogP contribution >= 0.6 is 11.6 Å². The zero-order chi connectivity index (χ0) is 21.8. The van der Waals surface area contributed by atoms with Gasteiger partial charge in [-0.25, -0.2) is 0 Å². The number of para-hydroxylation sites is 1. The number of rotatable bonds is 4. The number of nitrogens with zero attached hydrogens (tertiary/aromatic N) is 2. The minimum atomic E-state index is -0.272. The van der Waals surface area contributed by atoms with E-state index >= 15 is 0 Å². The monoisotopic (exact) mass is 434 g/mol. The zero-order valence-electron chi connectivity index (χ0n) is 17.8. The SMILES string of the molecule is CN(C(=O)c1cc2c(n(Cc3ccc(Cl)cc3)c1=O)CCCCCC2)c1ccccc1. The average molecular weight is 435 g/mol. The largest absolute Gasteiger partial charge is 0.311 e. The maximum Gasteiger partial charge on any atom is 0.263 e. The van der Waals surface area contributed by atoms with E-state index in [-0.39, 0.29) is 17.0 Å². The standard InChI is InChI=1S/C26H27ClN2O2/c1-28(22-10-6-4-7-11-22)25(30)23-17-20-9-5-2-3-8-12-24(20)29(26(23)31)18-19-13-15-21(27)16-14-19/h4,6-7,10-11,13-17H,2-3,5,8-9,12,18H2,1H3. The summed E-state index contributed by atoms with van der Waals surface area (Å²) in [6, 6.07) is 18.8. The van der Waals surface area contributed by atoms with Gasteiger partial charge in [0.25, 0.3) is 11.5 Å². The number of carbonyl (C=O) groups excluding carboxylic acids is 1. The van der Waals surface area contributed by atoms with E-state index in [4.69, 9.17) is 11.6 Å². The summed E-state index contributed by atoms with van der Waals surface area (Å²) in [6.07, 6.45) is 6.25. The molecule has 1 aromatic heterocycles. The van der Waals surface area contributed by atoms with Crippen LogP contribution in [0, 0.1) is 0 Å². The van der Waals surface area contributed by atoms with Crippen LogP contribution in [0.5, 0.6) is 0 Å². The first-order chi connectivity index (χ1) is 15.0. The lowest BCUT2D eigenvalue weighted by atomic mass is 9.95. The van der Waals surface area contributed by atoms with Crippen LogP contribution < -0.4 is 10.5 Å². The number of hydrogen-bond donors (Lipinski definition) is 0. The van der Waals surface area contributed by atoms with Crippen molar-refractivity contribution >= 4 is 23.2 Å². The van der Waals surface area contributed by atoms with Gasteiger partial charge in [0.15, 0.2) is 0 Å². The average Bonchev–Trinajstić information content (AvgIpc) is 2.77. The van der Waals surface area contributed by atoms with Crippen LogP contribution in [0.1, 0.15) is 52.9 Å². The summed E-state index contributed by atoms with van der Waals surface area (Å²) in [5, 5.41) is 0.667. The van der Waals surface area contributed by atoms with Gasteiger partial charge >= 0.3 is 0 Å². The van der Waals surface area contributed by atoms with E-state index in [1.54, 1.807) is 11.9 Å². The van der Waals surface area contributed by atoms with Gasteiger partial charge in [0.2, 0.25) is 0 Å². The topological polar surface area (TPSA) is 42.3 Å². The van der Waals surface area contributed by atoms with Crippen LogP contribution in [0.4, 0.5) is 5.69 Å². The number of hydrogen-bond acceptors (Lipinski definition) is 2. The van der Waals surface area contributed by atoms with E-state index < -0.39 is 0 Å². The Hall–Kier alpha value is -2.85. The Balaban J connectivity index is 1.80. The highest BCUT2D eigenvalue weighted by Crippen LogP contribution is 2.23. The summed E-state index contributed by atoms with van der Waals surface area (Å²) >= 11 is 6.04. The summed E-state index contributed by atoms with van der Waals surface area (Å²) in [5.41, 5.74) is 3.97. The first-order valence-corrected chi connectivity index (χ1v) is 11.3. The van der Waals surface area contributed by atoms with E-state index in [0.717, 1.165) is 48.2 Å². The molecule has 1 aliphatic carbocycles. The Labute approximate surface area is 188 Å². The fourth-order valence-corrected chi connectivity index (χ4v) is 4.40. The van der Waals surface area contributed by atoms with Crippen molar-refractivity contribution in [3.8, 4) is 0 Å². The number of halogens is 1. The van der Waals surface area contributed by atoms with E-state index in [1.807, 2.05) is 65.2 Å². The summed E-state index contributed by atoms with van der Waals surface area (Å²) < 4.78 is 1.82. The number of benzene rings is 2. The summed E-state index contributed by atoms with van der Waals surface area (Å²) in [7, 11) is 1.72. The molecule has 4 rings (SSSR count). The first kappa shape index (κ1) is 21.4. The van der Waals surface area contributed by atoms with Crippen molar-refractivity contribution in [1.82, 2.24) is 4.57 Å². The Bertz CT molecular complexity index is 1120. The summed E-state index contributed by atoms with van der Waals surface area (Å²) in [4.78, 5) is 28.5. The molecule has 0 fully saturated rings. The Morgan fingerprint density at radius 3 is 2.35 bits per heavy atom. The number of aromatic nitrogens is 1. The van der Waals surface area contributed by atoms with Crippen LogP contribution in [0.15, 0.2) is 65.5 Å². The zero-order valence-corrected chi connectivity index (χ0v) is 18.6. The summed E-state index contributed by atoms with van der Waals surface area (Å²) in [5.74, 6) is -0.272. The Morgan fingerprint density at radius 2 is 1.65 bits per heavy atom. The minimum absolute atomic E-state index is 0.220. The van der Waals surface area contributed by atoms with Crippen molar-refractivity contribution in [2.24, 2.45) is 0 Å². The molecule has 0 saturated carbocycles. The maximum atomic E-state index is 13.6. The second-order valence-corrected chi connectivity index (χ2v) is 8.60. The molecule has 0 spiro atoms. The van der Waals surface area contributed by atoms with Crippen molar-refractivity contribution in [3.05, 3.63) is 98.4 Å². The van der Waals surface area contributed by atoms with Gasteiger partial charge in [-0.15, -0.1) is 0 Å². The normalized spacial score (nSPS) is 13.7. The number of pyridine rings is 1. The second-order valence-electron chi connectivity index (χ2n) is 8.16. The molecule has 5 heteroatoms. The number of carbonyl (C=O) groups is 1.